The molecule has 4 aromatic rings. The van der Waals surface area contributed by atoms with Gasteiger partial charge in [-0.1, -0.05) is 18.2 Å². The van der Waals surface area contributed by atoms with E-state index < -0.39 is 0 Å². The number of nitrogens with zero attached hydrogens (tertiary/aromatic N) is 3. The van der Waals surface area contributed by atoms with E-state index in [4.69, 9.17) is 0 Å². The molecule has 3 aromatic heterocycles. The summed E-state index contributed by atoms with van der Waals surface area (Å²) in [6.45, 7) is 2.00. The maximum atomic E-state index is 4.64. The Hall–Kier alpha value is -3.07. The molecule has 3 heterocycles. The van der Waals surface area contributed by atoms with Gasteiger partial charge in [-0.05, 0) is 48.7 Å². The summed E-state index contributed by atoms with van der Waals surface area (Å²) in [4.78, 5) is 13.4. The van der Waals surface area contributed by atoms with Crippen LogP contribution in [0, 0.1) is 6.92 Å². The highest BCUT2D eigenvalue weighted by Gasteiger charge is 2.10. The molecule has 0 aliphatic heterocycles. The van der Waals surface area contributed by atoms with Crippen LogP contribution in [-0.2, 0) is 0 Å². The van der Waals surface area contributed by atoms with Crippen LogP contribution in [0.5, 0.6) is 0 Å². The van der Waals surface area contributed by atoms with Gasteiger partial charge in [0.15, 0.2) is 0 Å². The fourth-order valence-electron chi connectivity index (χ4n) is 2.77. The zero-order chi connectivity index (χ0) is 15.6. The van der Waals surface area contributed by atoms with Gasteiger partial charge in [0, 0.05) is 40.8 Å². The smallest absolute Gasteiger partial charge is 0.0796 e. The molecule has 1 aromatic carbocycles. The average Bonchev–Trinajstić information content (AvgIpc) is 2.61. The Kier molecular flexibility index (Phi) is 3.31. The number of rotatable bonds is 2. The normalized spacial score (nSPS) is 10.8. The molecule has 0 saturated heterocycles. The van der Waals surface area contributed by atoms with Gasteiger partial charge in [-0.2, -0.15) is 0 Å². The van der Waals surface area contributed by atoms with Gasteiger partial charge in [-0.3, -0.25) is 15.0 Å². The van der Waals surface area contributed by atoms with Gasteiger partial charge in [-0.25, -0.2) is 0 Å². The highest BCUT2D eigenvalue weighted by atomic mass is 14.7. The highest BCUT2D eigenvalue weighted by Crippen LogP contribution is 2.30. The molecule has 0 fully saturated rings. The molecular formula is C20H15N3. The standard InChI is InChI=1S/C20H15N3/c1-14-4-2-6-19(23-14)18-5-3-10-22-20(18)16-7-8-17-13-21-11-9-15(17)12-16/h2-13H,1H3. The monoisotopic (exact) mass is 297 g/mol. The third-order valence-electron chi connectivity index (χ3n) is 3.89. The minimum Gasteiger partial charge on any atom is -0.264 e. The van der Waals surface area contributed by atoms with E-state index in [-0.39, 0.29) is 0 Å². The van der Waals surface area contributed by atoms with Gasteiger partial charge in [-0.15, -0.1) is 0 Å². The van der Waals surface area contributed by atoms with Gasteiger partial charge in [0.05, 0.1) is 11.4 Å². The Labute approximate surface area is 134 Å². The molecule has 23 heavy (non-hydrogen) atoms. The maximum absolute atomic E-state index is 4.64. The Morgan fingerprint density at radius 1 is 0.826 bits per heavy atom. The summed E-state index contributed by atoms with van der Waals surface area (Å²) in [7, 11) is 0. The van der Waals surface area contributed by atoms with E-state index in [0.29, 0.717) is 0 Å². The molecular weight excluding hydrogens is 282 g/mol. The minimum atomic E-state index is 0.947. The first kappa shape index (κ1) is 13.6. The van der Waals surface area contributed by atoms with Crippen LogP contribution in [0.1, 0.15) is 5.69 Å². The third kappa shape index (κ3) is 2.57. The second-order valence-corrected chi connectivity index (χ2v) is 5.50. The van der Waals surface area contributed by atoms with Crippen LogP contribution in [-0.4, -0.2) is 15.0 Å². The van der Waals surface area contributed by atoms with Crippen molar-refractivity contribution < 1.29 is 0 Å². The Morgan fingerprint density at radius 3 is 2.70 bits per heavy atom. The van der Waals surface area contributed by atoms with E-state index in [1.54, 1.807) is 0 Å². The van der Waals surface area contributed by atoms with Crippen molar-refractivity contribution in [1.82, 2.24) is 15.0 Å². The lowest BCUT2D eigenvalue weighted by molar-refractivity contribution is 1.20. The summed E-state index contributed by atoms with van der Waals surface area (Å²) in [6, 6.07) is 18.4. The second kappa shape index (κ2) is 5.61. The number of hydrogen-bond donors (Lipinski definition) is 0. The van der Waals surface area contributed by atoms with Gasteiger partial charge in [0.2, 0.25) is 0 Å². The van der Waals surface area contributed by atoms with Crippen molar-refractivity contribution in [1.29, 1.82) is 0 Å². The largest absolute Gasteiger partial charge is 0.264 e. The Morgan fingerprint density at radius 2 is 1.78 bits per heavy atom. The molecule has 0 unspecified atom stereocenters. The fraction of sp³-hybridized carbons (Fsp3) is 0.0500. The molecule has 3 heteroatoms. The van der Waals surface area contributed by atoms with Crippen LogP contribution >= 0.6 is 0 Å². The SMILES string of the molecule is Cc1cccc(-c2cccnc2-c2ccc3cnccc3c2)n1. The molecule has 0 aliphatic carbocycles. The van der Waals surface area contributed by atoms with Crippen LogP contribution in [0.2, 0.25) is 0 Å². The second-order valence-electron chi connectivity index (χ2n) is 5.50. The molecule has 110 valence electrons. The lowest BCUT2D eigenvalue weighted by atomic mass is 10.0. The van der Waals surface area contributed by atoms with Crippen LogP contribution in [0.25, 0.3) is 33.3 Å². The maximum Gasteiger partial charge on any atom is 0.0796 e. The average molecular weight is 297 g/mol. The minimum absolute atomic E-state index is 0.947. The zero-order valence-corrected chi connectivity index (χ0v) is 12.8. The molecule has 4 rings (SSSR count). The van der Waals surface area contributed by atoms with E-state index in [9.17, 15) is 0 Å². The van der Waals surface area contributed by atoms with Gasteiger partial charge >= 0.3 is 0 Å². The van der Waals surface area contributed by atoms with Crippen molar-refractivity contribution in [2.45, 2.75) is 6.92 Å². The third-order valence-corrected chi connectivity index (χ3v) is 3.89. The first-order valence-electron chi connectivity index (χ1n) is 7.54. The molecule has 0 saturated carbocycles. The molecule has 0 spiro atoms. The van der Waals surface area contributed by atoms with Crippen molar-refractivity contribution in [3.8, 4) is 22.5 Å². The predicted octanol–water partition coefficient (Wildman–Crippen LogP) is 4.67. The summed E-state index contributed by atoms with van der Waals surface area (Å²) in [6.07, 6.45) is 5.51. The lowest BCUT2D eigenvalue weighted by Crippen LogP contribution is -1.92. The van der Waals surface area contributed by atoms with Crippen LogP contribution < -0.4 is 0 Å². The Balaban J connectivity index is 1.91. The first-order chi connectivity index (χ1) is 11.3. The summed E-state index contributed by atoms with van der Waals surface area (Å²) in [5, 5.41) is 2.29. The van der Waals surface area contributed by atoms with Gasteiger partial charge in [0.25, 0.3) is 0 Å². The molecule has 0 amide bonds. The number of benzene rings is 1. The van der Waals surface area contributed by atoms with E-state index >= 15 is 0 Å². The summed E-state index contributed by atoms with van der Waals surface area (Å²) in [5.41, 5.74) is 5.03. The van der Waals surface area contributed by atoms with Crippen LogP contribution in [0.3, 0.4) is 0 Å². The molecule has 3 nitrogen and oxygen atoms in total. The predicted molar refractivity (Wildman–Crippen MR) is 92.9 cm³/mol. The first-order valence-corrected chi connectivity index (χ1v) is 7.54. The van der Waals surface area contributed by atoms with E-state index in [1.807, 2.05) is 55.8 Å². The van der Waals surface area contributed by atoms with Crippen molar-refractivity contribution in [3.63, 3.8) is 0 Å². The topological polar surface area (TPSA) is 38.7 Å². The molecule has 0 radical (unpaired) electrons. The zero-order valence-electron chi connectivity index (χ0n) is 12.8. The quantitative estimate of drug-likeness (QED) is 0.540. The lowest BCUT2D eigenvalue weighted by Gasteiger charge is -2.09. The van der Waals surface area contributed by atoms with E-state index in [2.05, 4.69) is 39.2 Å². The summed E-state index contributed by atoms with van der Waals surface area (Å²) >= 11 is 0. The molecule has 0 atom stereocenters. The van der Waals surface area contributed by atoms with Crippen molar-refractivity contribution in [2.24, 2.45) is 0 Å². The highest BCUT2D eigenvalue weighted by molar-refractivity contribution is 5.89. The summed E-state index contributed by atoms with van der Waals surface area (Å²) < 4.78 is 0. The molecule has 0 bridgehead atoms. The van der Waals surface area contributed by atoms with Crippen LogP contribution in [0.15, 0.2) is 73.2 Å². The van der Waals surface area contributed by atoms with Crippen molar-refractivity contribution in [3.05, 3.63) is 78.9 Å². The Bertz CT molecular complexity index is 992. The van der Waals surface area contributed by atoms with E-state index in [0.717, 1.165) is 39.0 Å². The van der Waals surface area contributed by atoms with E-state index in [1.165, 1.54) is 0 Å². The number of aromatic nitrogens is 3. The van der Waals surface area contributed by atoms with Crippen molar-refractivity contribution in [2.75, 3.05) is 0 Å². The molecule has 0 N–H and O–H groups in total. The van der Waals surface area contributed by atoms with Crippen LogP contribution in [0.4, 0.5) is 0 Å². The molecule has 0 aliphatic rings. The van der Waals surface area contributed by atoms with Gasteiger partial charge < -0.3 is 0 Å². The number of aryl methyl sites for hydroxylation is 1. The number of hydrogen-bond acceptors (Lipinski definition) is 3. The number of pyridine rings is 3. The number of fused-ring (bicyclic) bond motifs is 1. The summed E-state index contributed by atoms with van der Waals surface area (Å²) in [5.74, 6) is 0. The fourth-order valence-corrected chi connectivity index (χ4v) is 2.77. The van der Waals surface area contributed by atoms with Crippen molar-refractivity contribution >= 4 is 10.8 Å². The van der Waals surface area contributed by atoms with Gasteiger partial charge in [0.1, 0.15) is 0 Å².